The molecule has 0 amide bonds. The highest BCUT2D eigenvalue weighted by Gasteiger charge is 2.36. The summed E-state index contributed by atoms with van der Waals surface area (Å²) in [6, 6.07) is 81.4. The second kappa shape index (κ2) is 14.7. The highest BCUT2D eigenvalue weighted by Crippen LogP contribution is 2.52. The van der Waals surface area contributed by atoms with E-state index >= 15 is 0 Å². The van der Waals surface area contributed by atoms with Crippen molar-refractivity contribution < 1.29 is 8.83 Å². The van der Waals surface area contributed by atoms with E-state index in [4.69, 9.17) is 8.83 Å². The number of rotatable bonds is 6. The Morgan fingerprint density at radius 1 is 0.338 bits per heavy atom. The van der Waals surface area contributed by atoms with Crippen LogP contribution >= 0.6 is 0 Å². The number of hydrogen-bond donors (Lipinski definition) is 0. The van der Waals surface area contributed by atoms with Crippen molar-refractivity contribution in [2.24, 2.45) is 0 Å². The van der Waals surface area contributed by atoms with Gasteiger partial charge in [-0.25, -0.2) is 0 Å². The molecule has 68 heavy (non-hydrogen) atoms. The first kappa shape index (κ1) is 38.6. The fourth-order valence-corrected chi connectivity index (χ4v) is 11.4. The Kier molecular flexibility index (Phi) is 8.33. The first-order valence-electron chi connectivity index (χ1n) is 23.5. The maximum Gasteiger partial charge on any atom is 0.143 e. The number of hydrogen-bond acceptors (Lipinski definition) is 3. The van der Waals surface area contributed by atoms with Gasteiger partial charge in [-0.1, -0.05) is 172 Å². The molecule has 11 aromatic carbocycles. The van der Waals surface area contributed by atoms with Gasteiger partial charge < -0.3 is 13.7 Å². The molecular weight excluding hydrogens is 827 g/mol. The van der Waals surface area contributed by atoms with E-state index in [2.05, 4.69) is 225 Å². The highest BCUT2D eigenvalue weighted by molar-refractivity contribution is 6.28. The molecule has 0 bridgehead atoms. The van der Waals surface area contributed by atoms with Crippen LogP contribution in [0.5, 0.6) is 0 Å². The van der Waals surface area contributed by atoms with E-state index < -0.39 is 0 Å². The molecule has 2 aromatic heterocycles. The van der Waals surface area contributed by atoms with Gasteiger partial charge >= 0.3 is 0 Å². The number of anilines is 3. The summed E-state index contributed by atoms with van der Waals surface area (Å²) in [6.07, 6.45) is 0. The lowest BCUT2D eigenvalue weighted by Gasteiger charge is -2.28. The summed E-state index contributed by atoms with van der Waals surface area (Å²) in [5, 5.41) is 9.18. The molecule has 0 N–H and O–H groups in total. The van der Waals surface area contributed by atoms with Gasteiger partial charge in [-0.2, -0.15) is 0 Å². The van der Waals surface area contributed by atoms with Gasteiger partial charge in [0.25, 0.3) is 0 Å². The molecule has 0 aliphatic heterocycles. The lowest BCUT2D eigenvalue weighted by atomic mass is 9.82. The minimum absolute atomic E-state index is 0.141. The van der Waals surface area contributed by atoms with Crippen molar-refractivity contribution in [3.05, 3.63) is 236 Å². The molecule has 1 aliphatic carbocycles. The summed E-state index contributed by atoms with van der Waals surface area (Å²) in [5.74, 6) is 0. The smallest absolute Gasteiger partial charge is 0.143 e. The van der Waals surface area contributed by atoms with E-state index in [9.17, 15) is 0 Å². The Morgan fingerprint density at radius 2 is 0.912 bits per heavy atom. The van der Waals surface area contributed by atoms with Crippen LogP contribution in [-0.2, 0) is 5.41 Å². The topological polar surface area (TPSA) is 29.5 Å². The summed E-state index contributed by atoms with van der Waals surface area (Å²) in [6.45, 7) is 4.70. The number of benzene rings is 11. The summed E-state index contributed by atoms with van der Waals surface area (Å²) >= 11 is 0. The molecule has 0 unspecified atom stereocenters. The second-order valence-corrected chi connectivity index (χ2v) is 18.8. The predicted octanol–water partition coefficient (Wildman–Crippen LogP) is 18.6. The average Bonchev–Trinajstić information content (AvgIpc) is 4.04. The van der Waals surface area contributed by atoms with Crippen LogP contribution in [0.4, 0.5) is 17.1 Å². The minimum atomic E-state index is -0.141. The van der Waals surface area contributed by atoms with Gasteiger partial charge in [0.15, 0.2) is 0 Å². The third-order valence-electron chi connectivity index (χ3n) is 14.7. The van der Waals surface area contributed by atoms with Crippen LogP contribution in [0.25, 0.3) is 110 Å². The van der Waals surface area contributed by atoms with E-state index in [1.807, 2.05) is 18.2 Å². The molecule has 0 radical (unpaired) electrons. The maximum atomic E-state index is 7.13. The normalized spacial score (nSPS) is 13.0. The number of para-hydroxylation sites is 1. The van der Waals surface area contributed by atoms with Crippen LogP contribution in [0.3, 0.4) is 0 Å². The van der Waals surface area contributed by atoms with Crippen LogP contribution in [0.15, 0.2) is 233 Å². The monoisotopic (exact) mass is 869 g/mol. The van der Waals surface area contributed by atoms with Crippen LogP contribution in [0, 0.1) is 0 Å². The van der Waals surface area contributed by atoms with E-state index in [0.29, 0.717) is 0 Å². The molecule has 0 saturated carbocycles. The largest absolute Gasteiger partial charge is 0.456 e. The van der Waals surface area contributed by atoms with Crippen LogP contribution in [0.1, 0.15) is 25.0 Å². The molecule has 0 fully saturated rings. The number of fused-ring (bicyclic) bond motifs is 13. The van der Waals surface area contributed by atoms with Crippen LogP contribution < -0.4 is 4.90 Å². The fourth-order valence-electron chi connectivity index (χ4n) is 11.4. The van der Waals surface area contributed by atoms with Crippen molar-refractivity contribution in [3.8, 4) is 44.5 Å². The first-order valence-corrected chi connectivity index (χ1v) is 23.5. The van der Waals surface area contributed by atoms with Crippen molar-refractivity contribution in [1.29, 1.82) is 0 Å². The van der Waals surface area contributed by atoms with Gasteiger partial charge in [-0.15, -0.1) is 0 Å². The van der Waals surface area contributed by atoms with Gasteiger partial charge in [0.2, 0.25) is 0 Å². The van der Waals surface area contributed by atoms with Crippen LogP contribution in [-0.4, -0.2) is 0 Å². The Balaban J connectivity index is 0.989. The third-order valence-corrected chi connectivity index (χ3v) is 14.7. The standard InChI is InChI=1S/C65H43NO2/c1-65(2)56-22-12-10-20-50(56)51-33-32-46(39-57(51)65)66(44-28-24-41(25-29-44)40-14-4-3-5-15-40)45-30-26-42(27-31-45)61-52(55-38-43-16-6-7-17-47(43)48-18-8-9-19-49(48)55)34-35-54-63-60(68-64(54)61)37-36-59-62(63)53-21-11-13-23-58(53)67-59/h3-39H,1-2H3. The lowest BCUT2D eigenvalue weighted by Crippen LogP contribution is -2.16. The fraction of sp³-hybridized carbons (Fsp3) is 0.0462. The van der Waals surface area contributed by atoms with Crippen molar-refractivity contribution in [2.75, 3.05) is 4.90 Å². The minimum Gasteiger partial charge on any atom is -0.456 e. The van der Waals surface area contributed by atoms with Gasteiger partial charge in [-0.05, 0) is 138 Å². The Hall–Kier alpha value is -8.66. The van der Waals surface area contributed by atoms with E-state index in [1.165, 1.54) is 60.5 Å². The molecule has 0 spiro atoms. The molecule has 0 saturated heterocycles. The molecule has 14 rings (SSSR count). The molecular formula is C65H43NO2. The van der Waals surface area contributed by atoms with E-state index in [-0.39, 0.29) is 5.41 Å². The van der Waals surface area contributed by atoms with Crippen molar-refractivity contribution in [2.45, 2.75) is 19.3 Å². The molecule has 320 valence electrons. The third kappa shape index (κ3) is 5.72. The summed E-state index contributed by atoms with van der Waals surface area (Å²) in [7, 11) is 0. The van der Waals surface area contributed by atoms with Gasteiger partial charge in [-0.3, -0.25) is 0 Å². The summed E-state index contributed by atoms with van der Waals surface area (Å²) in [5.41, 5.74) is 18.7. The zero-order chi connectivity index (χ0) is 45.1. The van der Waals surface area contributed by atoms with E-state index in [0.717, 1.165) is 77.6 Å². The molecule has 0 atom stereocenters. The van der Waals surface area contributed by atoms with Crippen molar-refractivity contribution in [1.82, 2.24) is 0 Å². The Morgan fingerprint density at radius 3 is 1.71 bits per heavy atom. The van der Waals surface area contributed by atoms with Crippen molar-refractivity contribution in [3.63, 3.8) is 0 Å². The van der Waals surface area contributed by atoms with E-state index in [1.54, 1.807) is 0 Å². The van der Waals surface area contributed by atoms with Crippen LogP contribution in [0.2, 0.25) is 0 Å². The van der Waals surface area contributed by atoms with Gasteiger partial charge in [0.05, 0.1) is 0 Å². The zero-order valence-electron chi connectivity index (χ0n) is 37.6. The first-order chi connectivity index (χ1) is 33.5. The molecule has 1 aliphatic rings. The van der Waals surface area contributed by atoms with Crippen molar-refractivity contribution >= 4 is 82.5 Å². The molecule has 3 heteroatoms. The summed E-state index contributed by atoms with van der Waals surface area (Å²) < 4.78 is 13.5. The highest BCUT2D eigenvalue weighted by atomic mass is 16.3. The Labute approximate surface area is 393 Å². The van der Waals surface area contributed by atoms with Gasteiger partial charge in [0, 0.05) is 49.6 Å². The Bertz CT molecular complexity index is 4150. The molecule has 3 nitrogen and oxygen atoms in total. The average molecular weight is 870 g/mol. The number of nitrogens with zero attached hydrogens (tertiary/aromatic N) is 1. The second-order valence-electron chi connectivity index (χ2n) is 18.8. The quantitative estimate of drug-likeness (QED) is 0.156. The number of furan rings is 2. The summed E-state index contributed by atoms with van der Waals surface area (Å²) in [4.78, 5) is 2.40. The SMILES string of the molecule is CC1(C)c2ccccc2-c2ccc(N(c3ccc(-c4ccccc4)cc3)c3ccc(-c4c(-c5cc6ccccc6c6ccccc56)ccc5c4oc4ccc6oc7ccccc7c6c45)cc3)cc21. The molecule has 13 aromatic rings. The molecule has 2 heterocycles. The lowest BCUT2D eigenvalue weighted by molar-refractivity contribution is 0.660. The van der Waals surface area contributed by atoms with Gasteiger partial charge in [0.1, 0.15) is 22.3 Å². The zero-order valence-corrected chi connectivity index (χ0v) is 37.6. The predicted molar refractivity (Wildman–Crippen MR) is 285 cm³/mol. The maximum absolute atomic E-state index is 7.13.